The highest BCUT2D eigenvalue weighted by molar-refractivity contribution is 5.96. The molecule has 0 atom stereocenters. The van der Waals surface area contributed by atoms with Crippen molar-refractivity contribution in [2.45, 2.75) is 20.4 Å². The van der Waals surface area contributed by atoms with E-state index in [1.165, 1.54) is 16.0 Å². The molecule has 0 saturated carbocycles. The van der Waals surface area contributed by atoms with E-state index >= 15 is 0 Å². The van der Waals surface area contributed by atoms with Gasteiger partial charge in [-0.2, -0.15) is 0 Å². The molecule has 0 radical (unpaired) electrons. The third-order valence-electron chi connectivity index (χ3n) is 5.20. The molecule has 5 heteroatoms. The third kappa shape index (κ3) is 5.20. The van der Waals surface area contributed by atoms with Crippen LogP contribution < -0.4 is 0 Å². The zero-order valence-corrected chi connectivity index (χ0v) is 17.0. The molecule has 1 heterocycles. The number of piperazine rings is 1. The van der Waals surface area contributed by atoms with Crippen LogP contribution in [0.4, 0.5) is 0 Å². The van der Waals surface area contributed by atoms with Gasteiger partial charge in [0, 0.05) is 45.3 Å². The summed E-state index contributed by atoms with van der Waals surface area (Å²) in [7, 11) is 1.69. The monoisotopic (exact) mass is 379 g/mol. The van der Waals surface area contributed by atoms with Crippen LogP contribution >= 0.6 is 0 Å². The second-order valence-corrected chi connectivity index (χ2v) is 7.68. The summed E-state index contributed by atoms with van der Waals surface area (Å²) in [4.78, 5) is 30.9. The lowest BCUT2D eigenvalue weighted by atomic mass is 10.1. The van der Waals surface area contributed by atoms with Crippen molar-refractivity contribution in [2.75, 3.05) is 39.8 Å². The fraction of sp³-hybridized carbons (Fsp3) is 0.391. The van der Waals surface area contributed by atoms with Crippen LogP contribution in [0.15, 0.2) is 48.5 Å². The maximum absolute atomic E-state index is 12.6. The second-order valence-electron chi connectivity index (χ2n) is 7.68. The molecule has 0 aromatic heterocycles. The van der Waals surface area contributed by atoms with Gasteiger partial charge in [0.05, 0.1) is 6.54 Å². The number of benzene rings is 2. The van der Waals surface area contributed by atoms with E-state index in [0.717, 1.165) is 25.2 Å². The van der Waals surface area contributed by atoms with Crippen molar-refractivity contribution in [2.24, 2.45) is 0 Å². The van der Waals surface area contributed by atoms with E-state index in [-0.39, 0.29) is 18.4 Å². The second kappa shape index (κ2) is 9.02. The molecule has 1 aliphatic heterocycles. The van der Waals surface area contributed by atoms with Gasteiger partial charge in [0.2, 0.25) is 5.91 Å². The molecular formula is C23H29N3O2. The predicted molar refractivity (Wildman–Crippen MR) is 111 cm³/mol. The van der Waals surface area contributed by atoms with Crippen molar-refractivity contribution in [1.82, 2.24) is 14.7 Å². The van der Waals surface area contributed by atoms with Gasteiger partial charge >= 0.3 is 0 Å². The maximum atomic E-state index is 12.6. The van der Waals surface area contributed by atoms with Crippen LogP contribution in [0.5, 0.6) is 0 Å². The van der Waals surface area contributed by atoms with Crippen molar-refractivity contribution < 1.29 is 9.59 Å². The molecule has 2 amide bonds. The maximum Gasteiger partial charge on any atom is 0.254 e. The van der Waals surface area contributed by atoms with E-state index in [0.29, 0.717) is 18.7 Å². The number of amides is 2. The van der Waals surface area contributed by atoms with E-state index in [1.54, 1.807) is 13.1 Å². The number of aryl methyl sites for hydroxylation is 2. The average Bonchev–Trinajstić information content (AvgIpc) is 2.68. The van der Waals surface area contributed by atoms with Crippen LogP contribution in [0.3, 0.4) is 0 Å². The lowest BCUT2D eigenvalue weighted by molar-refractivity contribution is -0.133. The van der Waals surface area contributed by atoms with E-state index in [2.05, 4.69) is 36.1 Å². The highest BCUT2D eigenvalue weighted by Gasteiger charge is 2.23. The molecule has 5 nitrogen and oxygen atoms in total. The van der Waals surface area contributed by atoms with Crippen molar-refractivity contribution in [3.8, 4) is 0 Å². The largest absolute Gasteiger partial charge is 0.339 e. The summed E-state index contributed by atoms with van der Waals surface area (Å²) >= 11 is 0. The summed E-state index contributed by atoms with van der Waals surface area (Å²) in [6.45, 7) is 8.21. The van der Waals surface area contributed by atoms with Crippen LogP contribution in [0.25, 0.3) is 0 Å². The Labute approximate surface area is 167 Å². The zero-order valence-electron chi connectivity index (χ0n) is 17.0. The molecule has 1 aliphatic rings. The highest BCUT2D eigenvalue weighted by Crippen LogP contribution is 2.11. The zero-order chi connectivity index (χ0) is 20.1. The van der Waals surface area contributed by atoms with Crippen molar-refractivity contribution in [1.29, 1.82) is 0 Å². The van der Waals surface area contributed by atoms with Crippen LogP contribution in [0.1, 0.15) is 27.0 Å². The minimum absolute atomic E-state index is 0.0127. The van der Waals surface area contributed by atoms with Gasteiger partial charge in [-0.15, -0.1) is 0 Å². The van der Waals surface area contributed by atoms with Gasteiger partial charge in [-0.1, -0.05) is 47.5 Å². The quantitative estimate of drug-likeness (QED) is 0.802. The van der Waals surface area contributed by atoms with Gasteiger partial charge < -0.3 is 9.80 Å². The third-order valence-corrected chi connectivity index (χ3v) is 5.20. The van der Waals surface area contributed by atoms with Crippen LogP contribution in [0, 0.1) is 13.8 Å². The summed E-state index contributed by atoms with van der Waals surface area (Å²) < 4.78 is 0. The fourth-order valence-corrected chi connectivity index (χ4v) is 3.60. The Morgan fingerprint density at radius 2 is 1.57 bits per heavy atom. The van der Waals surface area contributed by atoms with Gasteiger partial charge in [-0.05, 0) is 31.5 Å². The molecule has 1 fully saturated rings. The first kappa shape index (κ1) is 20.1. The summed E-state index contributed by atoms with van der Waals surface area (Å²) in [5, 5.41) is 0. The number of likely N-dealkylation sites (N-methyl/N-ethyl adjacent to an activating group) is 1. The number of rotatable bonds is 5. The number of carbonyl (C=O) groups excluding carboxylic acids is 2. The van der Waals surface area contributed by atoms with Gasteiger partial charge in [0.15, 0.2) is 0 Å². The van der Waals surface area contributed by atoms with Gasteiger partial charge in [-0.25, -0.2) is 0 Å². The molecule has 0 aliphatic carbocycles. The summed E-state index contributed by atoms with van der Waals surface area (Å²) in [5.41, 5.74) is 4.24. The molecular weight excluding hydrogens is 350 g/mol. The smallest absolute Gasteiger partial charge is 0.254 e. The van der Waals surface area contributed by atoms with Crippen molar-refractivity contribution >= 4 is 11.8 Å². The highest BCUT2D eigenvalue weighted by atomic mass is 16.2. The Bertz CT molecular complexity index is 841. The number of hydrogen-bond donors (Lipinski definition) is 0. The molecule has 0 spiro atoms. The Hall–Kier alpha value is -2.66. The van der Waals surface area contributed by atoms with Crippen LogP contribution in [0.2, 0.25) is 0 Å². The van der Waals surface area contributed by atoms with Crippen LogP contribution in [-0.2, 0) is 11.3 Å². The normalized spacial score (nSPS) is 14.8. The topological polar surface area (TPSA) is 43.9 Å². The summed E-state index contributed by atoms with van der Waals surface area (Å²) in [6, 6.07) is 16.0. The minimum Gasteiger partial charge on any atom is -0.339 e. The minimum atomic E-state index is -0.116. The summed E-state index contributed by atoms with van der Waals surface area (Å²) in [5.74, 6) is -0.103. The molecule has 148 valence electrons. The molecule has 0 bridgehead atoms. The SMILES string of the molecule is Cc1cccc(CN2CCN(C(=O)CN(C)C(=O)c3cccc(C)c3)CC2)c1. The first-order valence-corrected chi connectivity index (χ1v) is 9.80. The lowest BCUT2D eigenvalue weighted by Crippen LogP contribution is -2.51. The standard InChI is InChI=1S/C23H29N3O2/c1-18-6-4-8-20(14-18)16-25-10-12-26(13-11-25)22(27)17-24(3)23(28)21-9-5-7-19(2)15-21/h4-9,14-15H,10-13,16-17H2,1-3H3. The van der Waals surface area contributed by atoms with Crippen molar-refractivity contribution in [3.05, 3.63) is 70.8 Å². The number of nitrogens with zero attached hydrogens (tertiary/aromatic N) is 3. The first-order valence-electron chi connectivity index (χ1n) is 9.80. The first-order chi connectivity index (χ1) is 13.4. The molecule has 0 unspecified atom stereocenters. The average molecular weight is 380 g/mol. The van der Waals surface area contributed by atoms with E-state index in [9.17, 15) is 9.59 Å². The van der Waals surface area contributed by atoms with Crippen LogP contribution in [-0.4, -0.2) is 66.3 Å². The van der Waals surface area contributed by atoms with E-state index < -0.39 is 0 Å². The molecule has 3 rings (SSSR count). The van der Waals surface area contributed by atoms with Gasteiger partial charge in [0.25, 0.3) is 5.91 Å². The fourth-order valence-electron chi connectivity index (χ4n) is 3.60. The van der Waals surface area contributed by atoms with Crippen molar-refractivity contribution in [3.63, 3.8) is 0 Å². The molecule has 2 aromatic rings. The molecule has 28 heavy (non-hydrogen) atoms. The van der Waals surface area contributed by atoms with Gasteiger partial charge in [0.1, 0.15) is 0 Å². The number of carbonyl (C=O) groups is 2. The molecule has 1 saturated heterocycles. The Balaban J connectivity index is 1.49. The van der Waals surface area contributed by atoms with E-state index in [1.807, 2.05) is 30.0 Å². The lowest BCUT2D eigenvalue weighted by Gasteiger charge is -2.35. The Kier molecular flexibility index (Phi) is 6.47. The number of hydrogen-bond acceptors (Lipinski definition) is 3. The Morgan fingerprint density at radius 3 is 2.21 bits per heavy atom. The molecule has 0 N–H and O–H groups in total. The van der Waals surface area contributed by atoms with E-state index in [4.69, 9.17) is 0 Å². The van der Waals surface area contributed by atoms with Gasteiger partial charge in [-0.3, -0.25) is 14.5 Å². The predicted octanol–water partition coefficient (Wildman–Crippen LogP) is 2.72. The Morgan fingerprint density at radius 1 is 0.929 bits per heavy atom. The summed E-state index contributed by atoms with van der Waals surface area (Å²) in [6.07, 6.45) is 0. The molecule has 2 aromatic carbocycles.